The van der Waals surface area contributed by atoms with Crippen LogP contribution in [0.4, 0.5) is 0 Å². The van der Waals surface area contributed by atoms with Gasteiger partial charge in [0.1, 0.15) is 29.6 Å². The Labute approximate surface area is 274 Å². The number of carbonyl (C=O) groups excluding carboxylic acids is 3. The van der Waals surface area contributed by atoms with E-state index in [2.05, 4.69) is 10.6 Å². The number of nitrogens with one attached hydrogen (secondary N) is 2. The summed E-state index contributed by atoms with van der Waals surface area (Å²) in [6.45, 7) is 0.301. The third kappa shape index (κ3) is 9.07. The largest absolute Gasteiger partial charge is 0.481 e. The Morgan fingerprint density at radius 1 is 0.745 bits per heavy atom. The number of carbonyl (C=O) groups is 4. The van der Waals surface area contributed by atoms with Gasteiger partial charge in [-0.1, -0.05) is 97.4 Å². The lowest BCUT2D eigenvalue weighted by Gasteiger charge is -2.43. The minimum Gasteiger partial charge on any atom is -0.481 e. The molecular formula is C38H39N3O6. The van der Waals surface area contributed by atoms with E-state index < -0.39 is 30.0 Å². The van der Waals surface area contributed by atoms with E-state index in [0.29, 0.717) is 42.9 Å². The summed E-state index contributed by atoms with van der Waals surface area (Å²) in [4.78, 5) is 54.8. The van der Waals surface area contributed by atoms with Gasteiger partial charge in [-0.05, 0) is 53.8 Å². The van der Waals surface area contributed by atoms with Crippen LogP contribution in [0.25, 0.3) is 0 Å². The number of aliphatic carboxylic acids is 1. The van der Waals surface area contributed by atoms with Crippen molar-refractivity contribution in [3.8, 4) is 11.5 Å². The first-order valence-corrected chi connectivity index (χ1v) is 15.9. The molecule has 9 nitrogen and oxygen atoms in total. The van der Waals surface area contributed by atoms with Crippen LogP contribution in [-0.4, -0.2) is 52.3 Å². The van der Waals surface area contributed by atoms with Crippen molar-refractivity contribution in [2.24, 2.45) is 0 Å². The van der Waals surface area contributed by atoms with E-state index in [1.807, 2.05) is 91.0 Å². The fourth-order valence-electron chi connectivity index (χ4n) is 5.78. The van der Waals surface area contributed by atoms with Gasteiger partial charge in [-0.3, -0.25) is 19.2 Å². The second kappa shape index (κ2) is 16.2. The maximum absolute atomic E-state index is 14.4. The number of hydrogen-bond donors (Lipinski definition) is 3. The van der Waals surface area contributed by atoms with Crippen LogP contribution in [-0.2, 0) is 32.0 Å². The van der Waals surface area contributed by atoms with E-state index in [4.69, 9.17) is 9.84 Å². The molecule has 1 heterocycles. The van der Waals surface area contributed by atoms with Crippen LogP contribution in [0.15, 0.2) is 115 Å². The standard InChI is InChI=1S/C38H39N3O6/c42-34(43)19-11-4-12-24-39-37(45)35(29-20-22-31(23-21-29)47-30-17-9-3-10-18-30)41-33(26-28-15-7-2-8-16-28)36(44)40-32(38(41)46)25-27-13-5-1-6-14-27/h1-3,5-10,13-18,20-23,32-33,35H,4,11-12,19,24-26H2,(H,39,45)(H,40,44)(H,42,43)/t32-,33-,35?/m0/s1. The molecule has 1 unspecified atom stereocenters. The summed E-state index contributed by atoms with van der Waals surface area (Å²) in [6, 6.07) is 32.3. The summed E-state index contributed by atoms with van der Waals surface area (Å²) in [6.07, 6.45) is 2.28. The van der Waals surface area contributed by atoms with Crippen molar-refractivity contribution in [2.45, 2.75) is 56.7 Å². The average molecular weight is 634 g/mol. The first-order chi connectivity index (χ1) is 22.9. The van der Waals surface area contributed by atoms with Crippen LogP contribution in [0.5, 0.6) is 11.5 Å². The molecule has 9 heteroatoms. The van der Waals surface area contributed by atoms with Gasteiger partial charge in [0.25, 0.3) is 0 Å². The second-order valence-electron chi connectivity index (χ2n) is 11.6. The van der Waals surface area contributed by atoms with Crippen molar-refractivity contribution in [2.75, 3.05) is 6.54 Å². The zero-order valence-electron chi connectivity index (χ0n) is 26.1. The first-order valence-electron chi connectivity index (χ1n) is 15.9. The highest BCUT2D eigenvalue weighted by Crippen LogP contribution is 2.31. The van der Waals surface area contributed by atoms with Gasteiger partial charge in [0.05, 0.1) is 0 Å². The van der Waals surface area contributed by atoms with Crippen LogP contribution < -0.4 is 15.4 Å². The quantitative estimate of drug-likeness (QED) is 0.149. The molecule has 1 aliphatic heterocycles. The fourth-order valence-corrected chi connectivity index (χ4v) is 5.78. The first kappa shape index (κ1) is 32.9. The van der Waals surface area contributed by atoms with E-state index in [0.717, 1.165) is 11.1 Å². The molecule has 4 aromatic rings. The zero-order chi connectivity index (χ0) is 33.0. The van der Waals surface area contributed by atoms with Crippen molar-refractivity contribution < 1.29 is 29.0 Å². The SMILES string of the molecule is O=C(O)CCCCCNC(=O)C(c1ccc(Oc2ccccc2)cc1)N1C(=O)[C@H](Cc2ccccc2)NC(=O)[C@@H]1Cc1ccccc1. The predicted molar refractivity (Wildman–Crippen MR) is 178 cm³/mol. The van der Waals surface area contributed by atoms with Crippen molar-refractivity contribution >= 4 is 23.7 Å². The predicted octanol–water partition coefficient (Wildman–Crippen LogP) is 5.46. The number of benzene rings is 4. The van der Waals surface area contributed by atoms with Crippen LogP contribution in [0.3, 0.4) is 0 Å². The number of carboxylic acids is 1. The fraction of sp³-hybridized carbons (Fsp3) is 0.263. The summed E-state index contributed by atoms with van der Waals surface area (Å²) in [5.41, 5.74) is 2.28. The second-order valence-corrected chi connectivity index (χ2v) is 11.6. The Morgan fingerprint density at radius 3 is 1.94 bits per heavy atom. The summed E-state index contributed by atoms with van der Waals surface area (Å²) in [7, 11) is 0. The molecule has 1 fully saturated rings. The molecule has 0 bridgehead atoms. The van der Waals surface area contributed by atoms with Crippen molar-refractivity contribution in [1.29, 1.82) is 0 Å². The Morgan fingerprint density at radius 2 is 1.32 bits per heavy atom. The summed E-state index contributed by atoms with van der Waals surface area (Å²) in [5, 5.41) is 14.9. The van der Waals surface area contributed by atoms with Crippen LogP contribution in [0.1, 0.15) is 48.4 Å². The maximum Gasteiger partial charge on any atom is 0.303 e. The van der Waals surface area contributed by atoms with Crippen molar-refractivity contribution in [3.63, 3.8) is 0 Å². The van der Waals surface area contributed by atoms with Gasteiger partial charge >= 0.3 is 5.97 Å². The summed E-state index contributed by atoms with van der Waals surface area (Å²) >= 11 is 0. The Bertz CT molecular complexity index is 1630. The highest BCUT2D eigenvalue weighted by Gasteiger charge is 2.46. The van der Waals surface area contributed by atoms with Gasteiger partial charge in [0.15, 0.2) is 0 Å². The molecule has 1 aliphatic rings. The average Bonchev–Trinajstić information content (AvgIpc) is 3.08. The maximum atomic E-state index is 14.4. The molecule has 47 heavy (non-hydrogen) atoms. The number of amides is 3. The molecule has 242 valence electrons. The summed E-state index contributed by atoms with van der Waals surface area (Å²) in [5.74, 6) is -0.731. The molecule has 5 rings (SSSR count). The molecule has 4 aromatic carbocycles. The van der Waals surface area contributed by atoms with Gasteiger partial charge in [0.2, 0.25) is 17.7 Å². The van der Waals surface area contributed by atoms with Gasteiger partial charge in [-0.25, -0.2) is 0 Å². The summed E-state index contributed by atoms with van der Waals surface area (Å²) < 4.78 is 5.97. The number of piperazine rings is 1. The number of rotatable bonds is 15. The topological polar surface area (TPSA) is 125 Å². The Kier molecular flexibility index (Phi) is 11.4. The van der Waals surface area contributed by atoms with E-state index in [1.165, 1.54) is 4.90 Å². The number of para-hydroxylation sites is 1. The number of unbranched alkanes of at least 4 members (excludes halogenated alkanes) is 2. The van der Waals surface area contributed by atoms with Crippen LogP contribution in [0, 0.1) is 0 Å². The molecule has 0 saturated carbocycles. The van der Waals surface area contributed by atoms with E-state index >= 15 is 0 Å². The lowest BCUT2D eigenvalue weighted by molar-refractivity contribution is -0.155. The van der Waals surface area contributed by atoms with Crippen molar-refractivity contribution in [3.05, 3.63) is 132 Å². The Hall–Kier alpha value is -5.44. The van der Waals surface area contributed by atoms with E-state index in [1.54, 1.807) is 24.3 Å². The number of ether oxygens (including phenoxy) is 1. The number of hydrogen-bond acceptors (Lipinski definition) is 5. The zero-order valence-corrected chi connectivity index (χ0v) is 26.1. The molecule has 0 aromatic heterocycles. The third-order valence-corrected chi connectivity index (χ3v) is 8.13. The van der Waals surface area contributed by atoms with E-state index in [-0.39, 0.29) is 31.1 Å². The van der Waals surface area contributed by atoms with Crippen LogP contribution in [0.2, 0.25) is 0 Å². The highest BCUT2D eigenvalue weighted by molar-refractivity contribution is 6.00. The number of nitrogens with zero attached hydrogens (tertiary/aromatic N) is 1. The lowest BCUT2D eigenvalue weighted by Crippen LogP contribution is -2.66. The van der Waals surface area contributed by atoms with Gasteiger partial charge in [0, 0.05) is 25.8 Å². The van der Waals surface area contributed by atoms with Crippen molar-refractivity contribution in [1.82, 2.24) is 15.5 Å². The molecule has 0 radical (unpaired) electrons. The van der Waals surface area contributed by atoms with Crippen LogP contribution >= 0.6 is 0 Å². The molecule has 0 spiro atoms. The van der Waals surface area contributed by atoms with Gasteiger partial charge in [-0.15, -0.1) is 0 Å². The lowest BCUT2D eigenvalue weighted by atomic mass is 9.92. The molecule has 3 N–H and O–H groups in total. The third-order valence-electron chi connectivity index (χ3n) is 8.13. The van der Waals surface area contributed by atoms with E-state index in [9.17, 15) is 19.2 Å². The minimum atomic E-state index is -1.11. The molecule has 3 atom stereocenters. The monoisotopic (exact) mass is 633 g/mol. The molecule has 1 saturated heterocycles. The smallest absolute Gasteiger partial charge is 0.303 e. The van der Waals surface area contributed by atoms with Gasteiger partial charge < -0.3 is 25.4 Å². The molecular weight excluding hydrogens is 594 g/mol. The highest BCUT2D eigenvalue weighted by atomic mass is 16.5. The van der Waals surface area contributed by atoms with Gasteiger partial charge in [-0.2, -0.15) is 0 Å². The minimum absolute atomic E-state index is 0.0648. The normalized spacial score (nSPS) is 16.6. The molecule has 3 amide bonds. The molecule has 0 aliphatic carbocycles. The Balaban J connectivity index is 1.47. The number of carboxylic acid groups (broad SMARTS) is 1.